The number of hydrogen-bond acceptors (Lipinski definition) is 7. The molecule has 4 rings (SSSR count). The lowest BCUT2D eigenvalue weighted by atomic mass is 10.0. The second-order valence-corrected chi connectivity index (χ2v) is 7.59. The first kappa shape index (κ1) is 17.7. The van der Waals surface area contributed by atoms with Crippen molar-refractivity contribution in [1.82, 2.24) is 15.2 Å². The summed E-state index contributed by atoms with van der Waals surface area (Å²) < 4.78 is 1.22. The second-order valence-electron chi connectivity index (χ2n) is 6.58. The van der Waals surface area contributed by atoms with Gasteiger partial charge in [0.25, 0.3) is 0 Å². The molecule has 2 aromatic heterocycles. The van der Waals surface area contributed by atoms with Crippen LogP contribution in [0.25, 0.3) is 10.2 Å². The SMILES string of the molecule is CCc1nnc(N2CCN(c3nc4ccccc4s3)CC2)c(C#N)c1CC. The highest BCUT2D eigenvalue weighted by Gasteiger charge is 2.24. The number of hydrogen-bond donors (Lipinski definition) is 0. The maximum atomic E-state index is 9.73. The third-order valence-corrected chi connectivity index (χ3v) is 6.17. The van der Waals surface area contributed by atoms with Crippen LogP contribution in [0.3, 0.4) is 0 Å². The molecule has 138 valence electrons. The number of nitrogens with zero attached hydrogens (tertiary/aromatic N) is 6. The molecule has 1 fully saturated rings. The Labute approximate surface area is 163 Å². The third kappa shape index (κ3) is 3.21. The fraction of sp³-hybridized carbons (Fsp3) is 0.400. The number of piperazine rings is 1. The van der Waals surface area contributed by atoms with Gasteiger partial charge in [-0.2, -0.15) is 10.4 Å². The summed E-state index contributed by atoms with van der Waals surface area (Å²) in [4.78, 5) is 9.27. The molecule has 3 heterocycles. The first-order valence-electron chi connectivity index (χ1n) is 9.39. The van der Waals surface area contributed by atoms with Gasteiger partial charge in [-0.3, -0.25) is 0 Å². The lowest BCUT2D eigenvalue weighted by molar-refractivity contribution is 0.639. The number of aryl methyl sites for hydroxylation is 1. The van der Waals surface area contributed by atoms with Crippen molar-refractivity contribution in [1.29, 1.82) is 5.26 Å². The van der Waals surface area contributed by atoms with E-state index in [4.69, 9.17) is 4.98 Å². The van der Waals surface area contributed by atoms with E-state index in [-0.39, 0.29) is 0 Å². The normalized spacial score (nSPS) is 14.6. The fourth-order valence-corrected chi connectivity index (χ4v) is 4.62. The lowest BCUT2D eigenvalue weighted by Gasteiger charge is -2.35. The summed E-state index contributed by atoms with van der Waals surface area (Å²) in [6.45, 7) is 7.49. The molecule has 27 heavy (non-hydrogen) atoms. The van der Waals surface area contributed by atoms with E-state index in [1.807, 2.05) is 6.07 Å². The third-order valence-electron chi connectivity index (χ3n) is 5.07. The Morgan fingerprint density at radius 3 is 2.44 bits per heavy atom. The van der Waals surface area contributed by atoms with Crippen LogP contribution in [0.4, 0.5) is 10.9 Å². The van der Waals surface area contributed by atoms with Crippen LogP contribution in [0, 0.1) is 11.3 Å². The Hall–Kier alpha value is -2.72. The van der Waals surface area contributed by atoms with Gasteiger partial charge < -0.3 is 9.80 Å². The van der Waals surface area contributed by atoms with Gasteiger partial charge in [-0.25, -0.2) is 4.98 Å². The van der Waals surface area contributed by atoms with E-state index in [1.165, 1.54) is 4.70 Å². The van der Waals surface area contributed by atoms with Gasteiger partial charge in [-0.15, -0.1) is 5.10 Å². The lowest BCUT2D eigenvalue weighted by Crippen LogP contribution is -2.47. The number of para-hydroxylation sites is 1. The zero-order chi connectivity index (χ0) is 18.8. The van der Waals surface area contributed by atoms with E-state index in [2.05, 4.69) is 58.1 Å². The van der Waals surface area contributed by atoms with Gasteiger partial charge in [0.05, 0.1) is 15.9 Å². The van der Waals surface area contributed by atoms with Gasteiger partial charge in [0, 0.05) is 26.2 Å². The summed E-state index contributed by atoms with van der Waals surface area (Å²) in [5.41, 5.74) is 3.72. The van der Waals surface area contributed by atoms with Gasteiger partial charge in [0.15, 0.2) is 10.9 Å². The predicted octanol–water partition coefficient (Wildman–Crippen LogP) is 3.41. The van der Waals surface area contributed by atoms with Crippen molar-refractivity contribution in [3.05, 3.63) is 41.1 Å². The van der Waals surface area contributed by atoms with Gasteiger partial charge in [-0.05, 0) is 30.5 Å². The van der Waals surface area contributed by atoms with Crippen LogP contribution in [0.1, 0.15) is 30.7 Å². The second kappa shape index (κ2) is 7.49. The molecule has 0 amide bonds. The summed E-state index contributed by atoms with van der Waals surface area (Å²) in [5.74, 6) is 0.732. The quantitative estimate of drug-likeness (QED) is 0.693. The number of thiazole rings is 1. The Morgan fingerprint density at radius 1 is 1.04 bits per heavy atom. The summed E-state index contributed by atoms with van der Waals surface area (Å²) >= 11 is 1.74. The number of nitriles is 1. The average molecular weight is 379 g/mol. The summed E-state index contributed by atoms with van der Waals surface area (Å²) in [5, 5.41) is 19.6. The van der Waals surface area contributed by atoms with Crippen molar-refractivity contribution < 1.29 is 0 Å². The van der Waals surface area contributed by atoms with E-state index in [9.17, 15) is 5.26 Å². The van der Waals surface area contributed by atoms with Crippen molar-refractivity contribution >= 4 is 32.5 Å². The maximum absolute atomic E-state index is 9.73. The van der Waals surface area contributed by atoms with Crippen molar-refractivity contribution in [2.75, 3.05) is 36.0 Å². The Kier molecular flexibility index (Phi) is 4.90. The number of anilines is 2. The summed E-state index contributed by atoms with van der Waals surface area (Å²) in [6, 6.07) is 10.6. The zero-order valence-corrected chi connectivity index (χ0v) is 16.5. The number of fused-ring (bicyclic) bond motifs is 1. The summed E-state index contributed by atoms with van der Waals surface area (Å²) in [7, 11) is 0. The molecule has 1 aliphatic rings. The van der Waals surface area contributed by atoms with Gasteiger partial charge in [-0.1, -0.05) is 37.3 Å². The van der Waals surface area contributed by atoms with Crippen LogP contribution in [0.2, 0.25) is 0 Å². The van der Waals surface area contributed by atoms with Gasteiger partial charge in [0.1, 0.15) is 11.6 Å². The highest BCUT2D eigenvalue weighted by Crippen LogP contribution is 2.30. The van der Waals surface area contributed by atoms with Crippen LogP contribution >= 0.6 is 11.3 Å². The van der Waals surface area contributed by atoms with Crippen molar-refractivity contribution in [2.45, 2.75) is 26.7 Å². The topological polar surface area (TPSA) is 68.9 Å². The van der Waals surface area contributed by atoms with Crippen LogP contribution < -0.4 is 9.80 Å². The first-order chi connectivity index (χ1) is 13.2. The Balaban J connectivity index is 1.55. The van der Waals surface area contributed by atoms with Crippen molar-refractivity contribution in [3.63, 3.8) is 0 Å². The maximum Gasteiger partial charge on any atom is 0.186 e. The molecule has 1 aliphatic heterocycles. The number of rotatable bonds is 4. The van der Waals surface area contributed by atoms with Gasteiger partial charge in [0.2, 0.25) is 0 Å². The number of aromatic nitrogens is 3. The molecular formula is C20H22N6S. The van der Waals surface area contributed by atoms with Crippen LogP contribution in [0.5, 0.6) is 0 Å². The monoisotopic (exact) mass is 378 g/mol. The predicted molar refractivity (Wildman–Crippen MR) is 110 cm³/mol. The van der Waals surface area contributed by atoms with Crippen LogP contribution in [-0.4, -0.2) is 41.4 Å². The highest BCUT2D eigenvalue weighted by molar-refractivity contribution is 7.22. The molecule has 7 heteroatoms. The van der Waals surface area contributed by atoms with Gasteiger partial charge >= 0.3 is 0 Å². The molecule has 1 aromatic carbocycles. The molecule has 0 bridgehead atoms. The molecule has 0 N–H and O–H groups in total. The molecule has 6 nitrogen and oxygen atoms in total. The molecular weight excluding hydrogens is 356 g/mol. The standard InChI is InChI=1S/C20H22N6S/c1-3-14-15(13-21)19(24-23-16(14)4-2)25-9-11-26(12-10-25)20-22-17-7-5-6-8-18(17)27-20/h5-8H,3-4,9-12H2,1-2H3. The molecule has 0 spiro atoms. The zero-order valence-electron chi connectivity index (χ0n) is 15.6. The van der Waals surface area contributed by atoms with Crippen LogP contribution in [-0.2, 0) is 12.8 Å². The molecule has 0 radical (unpaired) electrons. The fourth-order valence-electron chi connectivity index (χ4n) is 3.61. The smallest absolute Gasteiger partial charge is 0.186 e. The van der Waals surface area contributed by atoms with E-state index >= 15 is 0 Å². The number of benzene rings is 1. The largest absolute Gasteiger partial charge is 0.350 e. The molecule has 0 saturated carbocycles. The van der Waals surface area contributed by atoms with E-state index in [0.29, 0.717) is 5.56 Å². The van der Waals surface area contributed by atoms with Crippen molar-refractivity contribution in [2.24, 2.45) is 0 Å². The van der Waals surface area contributed by atoms with Crippen LogP contribution in [0.15, 0.2) is 24.3 Å². The van der Waals surface area contributed by atoms with E-state index < -0.39 is 0 Å². The molecule has 0 atom stereocenters. The van der Waals surface area contributed by atoms with E-state index in [1.54, 1.807) is 11.3 Å². The minimum atomic E-state index is 0.692. The molecule has 0 aliphatic carbocycles. The average Bonchev–Trinajstić information content (AvgIpc) is 3.17. The van der Waals surface area contributed by atoms with Crippen molar-refractivity contribution in [3.8, 4) is 6.07 Å². The summed E-state index contributed by atoms with van der Waals surface area (Å²) in [6.07, 6.45) is 1.61. The Morgan fingerprint density at radius 2 is 1.78 bits per heavy atom. The first-order valence-corrected chi connectivity index (χ1v) is 10.2. The minimum Gasteiger partial charge on any atom is -0.350 e. The Bertz CT molecular complexity index is 964. The highest BCUT2D eigenvalue weighted by atomic mass is 32.1. The molecule has 3 aromatic rings. The molecule has 0 unspecified atom stereocenters. The molecule has 1 saturated heterocycles. The minimum absolute atomic E-state index is 0.692. The van der Waals surface area contributed by atoms with E-state index in [0.717, 1.165) is 66.7 Å².